The Kier molecular flexibility index (Phi) is 7.51. The third kappa shape index (κ3) is 5.84. The SMILES string of the molecule is CCN1CCN(c2ccc(CNC(=NC)NCc3cccc(Cl)c3)cn2)CC1. The molecule has 0 spiro atoms. The molecule has 7 heteroatoms. The molecule has 0 saturated carbocycles. The highest BCUT2D eigenvalue weighted by molar-refractivity contribution is 6.30. The van der Waals surface area contributed by atoms with Gasteiger partial charge in [-0.2, -0.15) is 0 Å². The summed E-state index contributed by atoms with van der Waals surface area (Å²) in [7, 11) is 1.77. The Morgan fingerprint density at radius 3 is 2.43 bits per heavy atom. The molecule has 0 aliphatic carbocycles. The van der Waals surface area contributed by atoms with Crippen LogP contribution in [0.5, 0.6) is 0 Å². The number of anilines is 1. The van der Waals surface area contributed by atoms with Crippen LogP contribution < -0.4 is 15.5 Å². The maximum atomic E-state index is 6.03. The minimum Gasteiger partial charge on any atom is -0.354 e. The third-order valence-electron chi connectivity index (χ3n) is 4.99. The molecule has 1 aliphatic heterocycles. The van der Waals surface area contributed by atoms with Gasteiger partial charge in [-0.1, -0.05) is 36.7 Å². The average molecular weight is 401 g/mol. The van der Waals surface area contributed by atoms with E-state index < -0.39 is 0 Å². The smallest absolute Gasteiger partial charge is 0.191 e. The van der Waals surface area contributed by atoms with Crippen molar-refractivity contribution in [1.82, 2.24) is 20.5 Å². The third-order valence-corrected chi connectivity index (χ3v) is 5.22. The van der Waals surface area contributed by atoms with Gasteiger partial charge >= 0.3 is 0 Å². The maximum Gasteiger partial charge on any atom is 0.191 e. The fourth-order valence-corrected chi connectivity index (χ4v) is 3.45. The first-order chi connectivity index (χ1) is 13.7. The summed E-state index contributed by atoms with van der Waals surface area (Å²) in [6.07, 6.45) is 1.94. The zero-order chi connectivity index (χ0) is 19.8. The molecule has 0 amide bonds. The highest BCUT2D eigenvalue weighted by atomic mass is 35.5. The number of aliphatic imine (C=N–C) groups is 1. The van der Waals surface area contributed by atoms with E-state index in [1.165, 1.54) is 0 Å². The van der Waals surface area contributed by atoms with Crippen molar-refractivity contribution in [3.8, 4) is 0 Å². The van der Waals surface area contributed by atoms with Crippen molar-refractivity contribution >= 4 is 23.4 Å². The highest BCUT2D eigenvalue weighted by Crippen LogP contribution is 2.14. The number of nitrogens with one attached hydrogen (secondary N) is 2. The Labute approximate surface area is 172 Å². The molecule has 150 valence electrons. The Morgan fingerprint density at radius 1 is 1.07 bits per heavy atom. The monoisotopic (exact) mass is 400 g/mol. The van der Waals surface area contributed by atoms with Crippen molar-refractivity contribution in [3.05, 3.63) is 58.7 Å². The largest absolute Gasteiger partial charge is 0.354 e. The molecule has 0 bridgehead atoms. The van der Waals surface area contributed by atoms with Gasteiger partial charge < -0.3 is 20.4 Å². The summed E-state index contributed by atoms with van der Waals surface area (Å²) in [5.74, 6) is 1.81. The molecule has 28 heavy (non-hydrogen) atoms. The van der Waals surface area contributed by atoms with E-state index in [9.17, 15) is 0 Å². The summed E-state index contributed by atoms with van der Waals surface area (Å²) in [6.45, 7) is 8.97. The number of hydrogen-bond acceptors (Lipinski definition) is 4. The van der Waals surface area contributed by atoms with E-state index in [0.29, 0.717) is 13.1 Å². The van der Waals surface area contributed by atoms with Gasteiger partial charge in [-0.3, -0.25) is 4.99 Å². The van der Waals surface area contributed by atoms with E-state index in [4.69, 9.17) is 11.6 Å². The quantitative estimate of drug-likeness (QED) is 0.576. The van der Waals surface area contributed by atoms with Crippen LogP contribution in [0.1, 0.15) is 18.1 Å². The normalized spacial score (nSPS) is 15.5. The molecule has 0 radical (unpaired) electrons. The highest BCUT2D eigenvalue weighted by Gasteiger charge is 2.16. The number of piperazine rings is 1. The number of benzene rings is 1. The van der Waals surface area contributed by atoms with Gasteiger partial charge in [0.2, 0.25) is 0 Å². The predicted molar refractivity (Wildman–Crippen MR) is 117 cm³/mol. The molecule has 0 unspecified atom stereocenters. The molecule has 3 rings (SSSR count). The fourth-order valence-electron chi connectivity index (χ4n) is 3.24. The number of nitrogens with zero attached hydrogens (tertiary/aromatic N) is 4. The molecular weight excluding hydrogens is 372 g/mol. The van der Waals surface area contributed by atoms with E-state index >= 15 is 0 Å². The van der Waals surface area contributed by atoms with Crippen LogP contribution in [0.4, 0.5) is 5.82 Å². The number of hydrogen-bond donors (Lipinski definition) is 2. The lowest BCUT2D eigenvalue weighted by atomic mass is 10.2. The van der Waals surface area contributed by atoms with E-state index in [1.54, 1.807) is 7.05 Å². The van der Waals surface area contributed by atoms with Crippen LogP contribution in [0, 0.1) is 0 Å². The second-order valence-electron chi connectivity index (χ2n) is 6.86. The molecule has 2 heterocycles. The van der Waals surface area contributed by atoms with Crippen molar-refractivity contribution < 1.29 is 0 Å². The van der Waals surface area contributed by atoms with Crippen LogP contribution in [-0.4, -0.2) is 55.6 Å². The summed E-state index contributed by atoms with van der Waals surface area (Å²) in [6, 6.07) is 12.1. The van der Waals surface area contributed by atoms with Crippen molar-refractivity contribution in [1.29, 1.82) is 0 Å². The minimum absolute atomic E-state index is 0.668. The van der Waals surface area contributed by atoms with Crippen LogP contribution in [0.25, 0.3) is 0 Å². The van der Waals surface area contributed by atoms with E-state index in [-0.39, 0.29) is 0 Å². The van der Waals surface area contributed by atoms with Gasteiger partial charge in [-0.15, -0.1) is 0 Å². The van der Waals surface area contributed by atoms with Crippen molar-refractivity contribution in [3.63, 3.8) is 0 Å². The standard InChI is InChI=1S/C21H29ClN6/c1-3-27-9-11-28(12-10-27)20-8-7-18(15-24-20)16-26-21(23-2)25-14-17-5-4-6-19(22)13-17/h4-8,13,15H,3,9-12,14,16H2,1-2H3,(H2,23,25,26). The van der Waals surface area contributed by atoms with Gasteiger partial charge in [0, 0.05) is 57.5 Å². The second kappa shape index (κ2) is 10.3. The zero-order valence-electron chi connectivity index (χ0n) is 16.7. The van der Waals surface area contributed by atoms with Crippen LogP contribution in [-0.2, 0) is 13.1 Å². The van der Waals surface area contributed by atoms with Gasteiger partial charge in [0.15, 0.2) is 5.96 Å². The molecule has 2 N–H and O–H groups in total. The van der Waals surface area contributed by atoms with Gasteiger partial charge in [-0.05, 0) is 35.9 Å². The Balaban J connectivity index is 1.47. The lowest BCUT2D eigenvalue weighted by Crippen LogP contribution is -2.46. The molecule has 1 aromatic heterocycles. The number of likely N-dealkylation sites (N-methyl/N-ethyl adjacent to an activating group) is 1. The summed E-state index contributed by atoms with van der Waals surface area (Å²) in [4.78, 5) is 13.8. The Bertz CT molecular complexity index is 769. The number of aromatic nitrogens is 1. The number of halogens is 1. The summed E-state index contributed by atoms with van der Waals surface area (Å²) < 4.78 is 0. The van der Waals surface area contributed by atoms with E-state index in [2.05, 4.69) is 49.5 Å². The van der Waals surface area contributed by atoms with Crippen LogP contribution >= 0.6 is 11.6 Å². The molecule has 1 saturated heterocycles. The molecular formula is C21H29ClN6. The first kappa shape index (κ1) is 20.4. The summed E-state index contributed by atoms with van der Waals surface area (Å²) in [5, 5.41) is 7.37. The Morgan fingerprint density at radius 2 is 1.82 bits per heavy atom. The number of pyridine rings is 1. The first-order valence-corrected chi connectivity index (χ1v) is 10.2. The zero-order valence-corrected chi connectivity index (χ0v) is 17.4. The van der Waals surface area contributed by atoms with Crippen LogP contribution in [0.2, 0.25) is 5.02 Å². The van der Waals surface area contributed by atoms with E-state index in [1.807, 2.05) is 30.5 Å². The van der Waals surface area contributed by atoms with Gasteiger partial charge in [0.1, 0.15) is 5.82 Å². The molecule has 1 aromatic carbocycles. The van der Waals surface area contributed by atoms with Crippen molar-refractivity contribution in [2.45, 2.75) is 20.0 Å². The molecule has 0 atom stereocenters. The second-order valence-corrected chi connectivity index (χ2v) is 7.29. The number of rotatable bonds is 6. The average Bonchev–Trinajstić information content (AvgIpc) is 2.74. The summed E-state index contributed by atoms with van der Waals surface area (Å²) in [5.41, 5.74) is 2.24. The molecule has 2 aromatic rings. The summed E-state index contributed by atoms with van der Waals surface area (Å²) >= 11 is 6.03. The van der Waals surface area contributed by atoms with Gasteiger partial charge in [0.25, 0.3) is 0 Å². The lowest BCUT2D eigenvalue weighted by molar-refractivity contribution is 0.270. The molecule has 6 nitrogen and oxygen atoms in total. The Hall–Kier alpha value is -2.31. The molecule has 1 aliphatic rings. The van der Waals surface area contributed by atoms with Crippen LogP contribution in [0.3, 0.4) is 0 Å². The van der Waals surface area contributed by atoms with Crippen molar-refractivity contribution in [2.24, 2.45) is 4.99 Å². The van der Waals surface area contributed by atoms with E-state index in [0.717, 1.165) is 60.7 Å². The fraction of sp³-hybridized carbons (Fsp3) is 0.429. The van der Waals surface area contributed by atoms with Gasteiger partial charge in [0.05, 0.1) is 0 Å². The molecule has 1 fully saturated rings. The lowest BCUT2D eigenvalue weighted by Gasteiger charge is -2.34. The predicted octanol–water partition coefficient (Wildman–Crippen LogP) is 2.74. The topological polar surface area (TPSA) is 55.8 Å². The first-order valence-electron chi connectivity index (χ1n) is 9.79. The number of guanidine groups is 1. The van der Waals surface area contributed by atoms with Crippen LogP contribution in [0.15, 0.2) is 47.6 Å². The van der Waals surface area contributed by atoms with Crippen molar-refractivity contribution in [2.75, 3.05) is 44.7 Å². The maximum absolute atomic E-state index is 6.03. The van der Waals surface area contributed by atoms with Gasteiger partial charge in [-0.25, -0.2) is 4.98 Å². The minimum atomic E-state index is 0.668.